The summed E-state index contributed by atoms with van der Waals surface area (Å²) in [6, 6.07) is 5.80. The van der Waals surface area contributed by atoms with E-state index < -0.39 is 5.97 Å². The number of aromatic nitrogens is 3. The lowest BCUT2D eigenvalue weighted by Gasteiger charge is -2.26. The maximum absolute atomic E-state index is 11.5. The molecule has 2 aromatic rings. The van der Waals surface area contributed by atoms with Gasteiger partial charge in [0.2, 0.25) is 5.69 Å². The molecule has 0 aliphatic carbocycles. The van der Waals surface area contributed by atoms with Crippen molar-refractivity contribution in [2.75, 3.05) is 31.2 Å². The first kappa shape index (κ1) is 14.5. The van der Waals surface area contributed by atoms with Crippen LogP contribution < -0.4 is 4.90 Å². The topological polar surface area (TPSA) is 80.5 Å². The molecule has 0 unspecified atom stereocenters. The van der Waals surface area contributed by atoms with Crippen LogP contribution in [-0.2, 0) is 4.74 Å². The largest absolute Gasteiger partial charge is 0.476 e. The highest BCUT2D eigenvalue weighted by molar-refractivity contribution is 5.91. The van der Waals surface area contributed by atoms with Crippen LogP contribution in [0.15, 0.2) is 18.2 Å². The van der Waals surface area contributed by atoms with Gasteiger partial charge in [0.25, 0.3) is 0 Å². The number of hydrogen-bond acceptors (Lipinski definition) is 5. The van der Waals surface area contributed by atoms with Crippen LogP contribution in [0.5, 0.6) is 0 Å². The summed E-state index contributed by atoms with van der Waals surface area (Å²) in [5.74, 6) is -0.672. The Hall–Kier alpha value is -2.41. The molecule has 2 heterocycles. The molecule has 1 aliphatic heterocycles. The van der Waals surface area contributed by atoms with Gasteiger partial charge in [-0.25, -0.2) is 4.79 Å². The van der Waals surface area contributed by atoms with E-state index in [2.05, 4.69) is 10.2 Å². The minimum Gasteiger partial charge on any atom is -0.476 e. The number of carbonyl (C=O) groups is 1. The Morgan fingerprint density at radius 1 is 1.23 bits per heavy atom. The summed E-state index contributed by atoms with van der Waals surface area (Å²) in [7, 11) is 0. The van der Waals surface area contributed by atoms with E-state index in [4.69, 9.17) is 4.74 Å². The van der Waals surface area contributed by atoms with Crippen molar-refractivity contribution in [2.45, 2.75) is 13.8 Å². The zero-order chi connectivity index (χ0) is 15.7. The molecule has 116 valence electrons. The van der Waals surface area contributed by atoms with Crippen LogP contribution in [0.25, 0.3) is 5.69 Å². The molecule has 7 heteroatoms. The monoisotopic (exact) mass is 302 g/mol. The van der Waals surface area contributed by atoms with E-state index in [-0.39, 0.29) is 5.69 Å². The van der Waals surface area contributed by atoms with Crippen LogP contribution in [0.3, 0.4) is 0 Å². The Labute approximate surface area is 128 Å². The number of ether oxygens (including phenoxy) is 1. The van der Waals surface area contributed by atoms with E-state index in [1.807, 2.05) is 36.9 Å². The van der Waals surface area contributed by atoms with Crippen molar-refractivity contribution in [1.29, 1.82) is 0 Å². The minimum atomic E-state index is -1.07. The van der Waals surface area contributed by atoms with Crippen LogP contribution in [0.2, 0.25) is 0 Å². The number of nitrogens with zero attached hydrogens (tertiary/aromatic N) is 4. The van der Waals surface area contributed by atoms with Gasteiger partial charge in [0.15, 0.2) is 5.82 Å². The van der Waals surface area contributed by atoms with Gasteiger partial charge in [0, 0.05) is 13.1 Å². The van der Waals surface area contributed by atoms with Gasteiger partial charge in [-0.2, -0.15) is 0 Å². The zero-order valence-corrected chi connectivity index (χ0v) is 12.6. The molecule has 1 aliphatic rings. The molecule has 0 radical (unpaired) electrons. The molecule has 3 rings (SSSR count). The SMILES string of the molecule is Cc1cccc(-n2nc(C(=O)O)c(N3CCOCC3)n2)c1C. The smallest absolute Gasteiger partial charge is 0.360 e. The van der Waals surface area contributed by atoms with Crippen molar-refractivity contribution in [2.24, 2.45) is 0 Å². The van der Waals surface area contributed by atoms with E-state index in [0.29, 0.717) is 32.1 Å². The van der Waals surface area contributed by atoms with Gasteiger partial charge in [-0.3, -0.25) is 0 Å². The van der Waals surface area contributed by atoms with Crippen LogP contribution >= 0.6 is 0 Å². The van der Waals surface area contributed by atoms with Crippen molar-refractivity contribution in [3.8, 4) is 5.69 Å². The molecule has 0 spiro atoms. The van der Waals surface area contributed by atoms with Crippen molar-refractivity contribution in [3.05, 3.63) is 35.0 Å². The van der Waals surface area contributed by atoms with Crippen molar-refractivity contribution >= 4 is 11.8 Å². The minimum absolute atomic E-state index is 0.0252. The van der Waals surface area contributed by atoms with E-state index in [9.17, 15) is 9.90 Å². The highest BCUT2D eigenvalue weighted by Crippen LogP contribution is 2.22. The molecular weight excluding hydrogens is 284 g/mol. The van der Waals surface area contributed by atoms with Crippen molar-refractivity contribution in [3.63, 3.8) is 0 Å². The number of anilines is 1. The molecule has 0 saturated carbocycles. The quantitative estimate of drug-likeness (QED) is 0.923. The number of aromatic carboxylic acids is 1. The summed E-state index contributed by atoms with van der Waals surface area (Å²) in [5.41, 5.74) is 2.91. The third-order valence-corrected chi connectivity index (χ3v) is 3.90. The number of hydrogen-bond donors (Lipinski definition) is 1. The molecule has 1 N–H and O–H groups in total. The van der Waals surface area contributed by atoms with Crippen LogP contribution in [0.1, 0.15) is 21.6 Å². The lowest BCUT2D eigenvalue weighted by atomic mass is 10.1. The first-order valence-corrected chi connectivity index (χ1v) is 7.18. The van der Waals surface area contributed by atoms with E-state index in [1.165, 1.54) is 4.80 Å². The molecule has 1 fully saturated rings. The second kappa shape index (κ2) is 5.76. The summed E-state index contributed by atoms with van der Waals surface area (Å²) in [6.45, 7) is 6.34. The second-order valence-corrected chi connectivity index (χ2v) is 5.29. The van der Waals surface area contributed by atoms with Gasteiger partial charge in [-0.05, 0) is 31.0 Å². The lowest BCUT2D eigenvalue weighted by molar-refractivity contribution is 0.0689. The lowest BCUT2D eigenvalue weighted by Crippen LogP contribution is -2.37. The predicted molar refractivity (Wildman–Crippen MR) is 80.8 cm³/mol. The molecule has 1 saturated heterocycles. The maximum Gasteiger partial charge on any atom is 0.360 e. The standard InChI is InChI=1S/C15H18N4O3/c1-10-4-3-5-12(11(10)2)19-16-13(15(20)21)14(17-19)18-6-8-22-9-7-18/h3-5H,6-9H2,1-2H3,(H,20,21). The highest BCUT2D eigenvalue weighted by atomic mass is 16.5. The average molecular weight is 302 g/mol. The number of morpholine rings is 1. The molecule has 22 heavy (non-hydrogen) atoms. The van der Waals surface area contributed by atoms with Gasteiger partial charge >= 0.3 is 5.97 Å². The fourth-order valence-electron chi connectivity index (χ4n) is 2.49. The van der Waals surface area contributed by atoms with Gasteiger partial charge < -0.3 is 14.7 Å². The molecule has 1 aromatic heterocycles. The van der Waals surface area contributed by atoms with Gasteiger partial charge in [-0.1, -0.05) is 12.1 Å². The van der Waals surface area contributed by atoms with Gasteiger partial charge in [0.05, 0.1) is 18.9 Å². The Kier molecular flexibility index (Phi) is 3.81. The van der Waals surface area contributed by atoms with Crippen molar-refractivity contribution < 1.29 is 14.6 Å². The molecule has 1 aromatic carbocycles. The van der Waals surface area contributed by atoms with Crippen LogP contribution in [0, 0.1) is 13.8 Å². The third-order valence-electron chi connectivity index (χ3n) is 3.90. The number of aryl methyl sites for hydroxylation is 1. The third kappa shape index (κ3) is 2.55. The maximum atomic E-state index is 11.5. The summed E-state index contributed by atoms with van der Waals surface area (Å²) in [5, 5.41) is 18.0. The summed E-state index contributed by atoms with van der Waals surface area (Å²) >= 11 is 0. The average Bonchev–Trinajstić information content (AvgIpc) is 2.96. The van der Waals surface area contributed by atoms with E-state index in [0.717, 1.165) is 16.8 Å². The zero-order valence-electron chi connectivity index (χ0n) is 12.6. The van der Waals surface area contributed by atoms with Crippen molar-refractivity contribution in [1.82, 2.24) is 15.0 Å². The molecular formula is C15H18N4O3. The second-order valence-electron chi connectivity index (χ2n) is 5.29. The number of carboxylic acid groups (broad SMARTS) is 1. The van der Waals surface area contributed by atoms with E-state index >= 15 is 0 Å². The Bertz CT molecular complexity index is 705. The summed E-state index contributed by atoms with van der Waals surface area (Å²) in [6.07, 6.45) is 0. The predicted octanol–water partition coefficient (Wildman–Crippen LogP) is 1.42. The fraction of sp³-hybridized carbons (Fsp3) is 0.400. The number of rotatable bonds is 3. The first-order valence-electron chi connectivity index (χ1n) is 7.18. The Morgan fingerprint density at radius 2 is 1.95 bits per heavy atom. The highest BCUT2D eigenvalue weighted by Gasteiger charge is 2.25. The Balaban J connectivity index is 2.06. The number of benzene rings is 1. The normalized spacial score (nSPS) is 15.1. The molecule has 7 nitrogen and oxygen atoms in total. The first-order chi connectivity index (χ1) is 10.6. The van der Waals surface area contributed by atoms with Gasteiger partial charge in [0.1, 0.15) is 0 Å². The van der Waals surface area contributed by atoms with E-state index in [1.54, 1.807) is 0 Å². The summed E-state index contributed by atoms with van der Waals surface area (Å²) in [4.78, 5) is 14.8. The summed E-state index contributed by atoms with van der Waals surface area (Å²) < 4.78 is 5.30. The van der Waals surface area contributed by atoms with Crippen LogP contribution in [-0.4, -0.2) is 52.4 Å². The number of carboxylic acids is 1. The fourth-order valence-corrected chi connectivity index (χ4v) is 2.49. The Morgan fingerprint density at radius 3 is 2.64 bits per heavy atom. The molecule has 0 atom stereocenters. The molecule has 0 bridgehead atoms. The molecule has 0 amide bonds. The van der Waals surface area contributed by atoms with Gasteiger partial charge in [-0.15, -0.1) is 15.0 Å². The van der Waals surface area contributed by atoms with Crippen LogP contribution in [0.4, 0.5) is 5.82 Å².